The number of nitriles is 1. The number of piperidine rings is 1. The first-order valence-corrected chi connectivity index (χ1v) is 11.4. The van der Waals surface area contributed by atoms with Gasteiger partial charge in [0.1, 0.15) is 5.65 Å². The quantitative estimate of drug-likeness (QED) is 0.482. The summed E-state index contributed by atoms with van der Waals surface area (Å²) in [7, 11) is 1.75. The molecule has 4 aromatic rings. The fourth-order valence-electron chi connectivity index (χ4n) is 5.17. The lowest BCUT2D eigenvalue weighted by atomic mass is 9.87. The monoisotopic (exact) mass is 441 g/mol. The number of aromatic nitrogens is 5. The highest BCUT2D eigenvalue weighted by molar-refractivity contribution is 5.74. The fraction of sp³-hybridized carbons (Fsp3) is 0.400. The Kier molecular flexibility index (Phi) is 5.43. The molecule has 0 amide bonds. The van der Waals surface area contributed by atoms with Gasteiger partial charge in [-0.1, -0.05) is 6.07 Å². The summed E-state index contributed by atoms with van der Waals surface area (Å²) in [4.78, 5) is 24.0. The van der Waals surface area contributed by atoms with Crippen molar-refractivity contribution in [2.75, 3.05) is 6.54 Å². The largest absolute Gasteiger partial charge is 0.296 e. The molecular weight excluding hydrogens is 414 g/mol. The highest BCUT2D eigenvalue weighted by Crippen LogP contribution is 2.36. The first kappa shape index (κ1) is 21.3. The van der Waals surface area contributed by atoms with Crippen LogP contribution in [0.4, 0.5) is 0 Å². The molecule has 8 nitrogen and oxygen atoms in total. The van der Waals surface area contributed by atoms with Crippen molar-refractivity contribution < 1.29 is 0 Å². The van der Waals surface area contributed by atoms with E-state index in [0.29, 0.717) is 11.7 Å². The molecule has 0 saturated carbocycles. The zero-order valence-corrected chi connectivity index (χ0v) is 19.1. The van der Waals surface area contributed by atoms with Crippen molar-refractivity contribution in [2.45, 2.75) is 51.1 Å². The molecule has 1 unspecified atom stereocenters. The van der Waals surface area contributed by atoms with Crippen molar-refractivity contribution in [3.8, 4) is 6.07 Å². The van der Waals surface area contributed by atoms with Crippen LogP contribution in [0.15, 0.2) is 47.5 Å². The second kappa shape index (κ2) is 8.41. The summed E-state index contributed by atoms with van der Waals surface area (Å²) in [6.45, 7) is 5.42. The molecule has 1 aliphatic rings. The minimum Gasteiger partial charge on any atom is -0.296 e. The summed E-state index contributed by atoms with van der Waals surface area (Å²) in [6.07, 6.45) is 5.56. The number of aryl methyl sites for hydroxylation is 1. The third-order valence-electron chi connectivity index (χ3n) is 7.01. The maximum absolute atomic E-state index is 12.6. The Bertz CT molecular complexity index is 1430. The average molecular weight is 442 g/mol. The lowest BCUT2D eigenvalue weighted by molar-refractivity contribution is 0.102. The van der Waals surface area contributed by atoms with E-state index in [4.69, 9.17) is 5.26 Å². The number of fused-ring (bicyclic) bond motifs is 2. The predicted octanol–water partition coefficient (Wildman–Crippen LogP) is 3.37. The molecule has 33 heavy (non-hydrogen) atoms. The third-order valence-corrected chi connectivity index (χ3v) is 7.01. The molecule has 3 atom stereocenters. The van der Waals surface area contributed by atoms with Crippen LogP contribution in [0.2, 0.25) is 0 Å². The first-order valence-electron chi connectivity index (χ1n) is 11.4. The summed E-state index contributed by atoms with van der Waals surface area (Å²) in [6, 6.07) is 12.6. The molecule has 0 spiro atoms. The van der Waals surface area contributed by atoms with Gasteiger partial charge in [0.15, 0.2) is 0 Å². The summed E-state index contributed by atoms with van der Waals surface area (Å²) >= 11 is 0. The minimum atomic E-state index is -0.0402. The van der Waals surface area contributed by atoms with E-state index in [1.54, 1.807) is 30.1 Å². The Morgan fingerprint density at radius 3 is 2.73 bits per heavy atom. The second-order valence-electron chi connectivity index (χ2n) is 9.00. The van der Waals surface area contributed by atoms with Gasteiger partial charge >= 0.3 is 0 Å². The molecule has 5 rings (SSSR count). The van der Waals surface area contributed by atoms with E-state index in [9.17, 15) is 4.79 Å². The Morgan fingerprint density at radius 2 is 1.97 bits per heavy atom. The molecule has 0 aliphatic carbocycles. The standard InChI is InChI=1S/C25H27N7O/c1-16-12-19(23-15-25(33)30(3)24-14-20(6-8-26)29-32(23)24)7-11-31(16)17(2)18-4-5-21-22(13-18)28-10-9-27-21/h4-5,9-10,13-17,19H,6-7,11-12H2,1-3H3/t16-,17+,19?/m0/s1. The Hall–Kier alpha value is -3.57. The number of likely N-dealkylation sites (tertiary alicyclic amines) is 1. The zero-order valence-electron chi connectivity index (χ0n) is 19.1. The van der Waals surface area contributed by atoms with E-state index in [1.807, 2.05) is 16.6 Å². The molecule has 1 fully saturated rings. The van der Waals surface area contributed by atoms with Crippen LogP contribution < -0.4 is 5.56 Å². The fourth-order valence-corrected chi connectivity index (χ4v) is 5.17. The number of hydrogen-bond acceptors (Lipinski definition) is 6. The summed E-state index contributed by atoms with van der Waals surface area (Å²) in [5.41, 5.74) is 5.39. The van der Waals surface area contributed by atoms with Gasteiger partial charge in [-0.15, -0.1) is 0 Å². The minimum absolute atomic E-state index is 0.0402. The summed E-state index contributed by atoms with van der Waals surface area (Å²) in [5.74, 6) is 0.233. The lowest BCUT2D eigenvalue weighted by Crippen LogP contribution is -2.42. The van der Waals surface area contributed by atoms with Crippen LogP contribution in [-0.2, 0) is 13.5 Å². The van der Waals surface area contributed by atoms with E-state index in [1.165, 1.54) is 5.56 Å². The Morgan fingerprint density at radius 1 is 1.18 bits per heavy atom. The van der Waals surface area contributed by atoms with Crippen molar-refractivity contribution in [1.82, 2.24) is 29.0 Å². The molecule has 4 heterocycles. The average Bonchev–Trinajstić information content (AvgIpc) is 3.25. The highest BCUT2D eigenvalue weighted by Gasteiger charge is 2.32. The number of benzene rings is 1. The molecule has 0 bridgehead atoms. The summed E-state index contributed by atoms with van der Waals surface area (Å²) in [5, 5.41) is 13.7. The maximum Gasteiger partial charge on any atom is 0.253 e. The molecule has 1 aromatic carbocycles. The van der Waals surface area contributed by atoms with Crippen LogP contribution >= 0.6 is 0 Å². The topological polar surface area (TPSA) is 92.1 Å². The highest BCUT2D eigenvalue weighted by atomic mass is 16.1. The number of nitrogens with zero attached hydrogens (tertiary/aromatic N) is 7. The molecule has 1 aliphatic heterocycles. The number of rotatable bonds is 4. The van der Waals surface area contributed by atoms with E-state index in [0.717, 1.165) is 41.8 Å². The van der Waals surface area contributed by atoms with Crippen LogP contribution in [0.1, 0.15) is 55.6 Å². The third kappa shape index (κ3) is 3.79. The van der Waals surface area contributed by atoms with Gasteiger partial charge in [-0.3, -0.25) is 24.2 Å². The van der Waals surface area contributed by atoms with Crippen LogP contribution in [-0.4, -0.2) is 41.6 Å². The van der Waals surface area contributed by atoms with E-state index in [-0.39, 0.29) is 23.9 Å². The van der Waals surface area contributed by atoms with Crippen molar-refractivity contribution in [2.24, 2.45) is 7.05 Å². The first-order chi connectivity index (χ1) is 16.0. The Balaban J connectivity index is 1.41. The smallest absolute Gasteiger partial charge is 0.253 e. The normalized spacial score (nSPS) is 20.2. The maximum atomic E-state index is 12.6. The molecule has 168 valence electrons. The summed E-state index contributed by atoms with van der Waals surface area (Å²) < 4.78 is 3.47. The van der Waals surface area contributed by atoms with Crippen LogP contribution in [0.5, 0.6) is 0 Å². The predicted molar refractivity (Wildman–Crippen MR) is 126 cm³/mol. The van der Waals surface area contributed by atoms with Gasteiger partial charge < -0.3 is 0 Å². The molecule has 0 radical (unpaired) electrons. The zero-order chi connectivity index (χ0) is 23.1. The molecular formula is C25H27N7O. The number of hydrogen-bond donors (Lipinski definition) is 0. The SMILES string of the molecule is C[C@H](c1ccc2nccnc2c1)N1CCC(c2cc(=O)n(C)c3cc(CC#N)nn23)C[C@@H]1C. The van der Waals surface area contributed by atoms with Crippen molar-refractivity contribution in [3.05, 3.63) is 70.0 Å². The second-order valence-corrected chi connectivity index (χ2v) is 9.00. The lowest BCUT2D eigenvalue weighted by Gasteiger charge is -2.41. The Labute approximate surface area is 192 Å². The molecule has 1 saturated heterocycles. The van der Waals surface area contributed by atoms with Crippen molar-refractivity contribution >= 4 is 16.7 Å². The van der Waals surface area contributed by atoms with E-state index >= 15 is 0 Å². The van der Waals surface area contributed by atoms with Gasteiger partial charge in [0.25, 0.3) is 5.56 Å². The van der Waals surface area contributed by atoms with Gasteiger partial charge in [-0.25, -0.2) is 4.52 Å². The van der Waals surface area contributed by atoms with Gasteiger partial charge in [-0.2, -0.15) is 10.4 Å². The molecule has 3 aromatic heterocycles. The van der Waals surface area contributed by atoms with Crippen molar-refractivity contribution in [1.29, 1.82) is 5.26 Å². The molecule has 8 heteroatoms. The van der Waals surface area contributed by atoms with Crippen molar-refractivity contribution in [3.63, 3.8) is 0 Å². The van der Waals surface area contributed by atoms with Crippen LogP contribution in [0, 0.1) is 11.3 Å². The van der Waals surface area contributed by atoms with Gasteiger partial charge in [-0.05, 0) is 50.9 Å². The van der Waals surface area contributed by atoms with Gasteiger partial charge in [0, 0.05) is 49.6 Å². The van der Waals surface area contributed by atoms with E-state index < -0.39 is 0 Å². The molecule has 0 N–H and O–H groups in total. The van der Waals surface area contributed by atoms with Gasteiger partial charge in [0.05, 0.1) is 34.9 Å². The van der Waals surface area contributed by atoms with Crippen LogP contribution in [0.3, 0.4) is 0 Å². The van der Waals surface area contributed by atoms with Crippen LogP contribution in [0.25, 0.3) is 16.7 Å². The van der Waals surface area contributed by atoms with Gasteiger partial charge in [0.2, 0.25) is 0 Å². The van der Waals surface area contributed by atoms with E-state index in [2.05, 4.69) is 52.0 Å².